The zero-order valence-electron chi connectivity index (χ0n) is 13.0. The van der Waals surface area contributed by atoms with Gasteiger partial charge in [0.1, 0.15) is 12.4 Å². The maximum absolute atomic E-state index is 5.84. The molecule has 3 nitrogen and oxygen atoms in total. The number of nitrogens with zero attached hydrogens (tertiary/aromatic N) is 1. The second-order valence-corrected chi connectivity index (χ2v) is 5.58. The van der Waals surface area contributed by atoms with Gasteiger partial charge in [0.05, 0.1) is 6.54 Å². The summed E-state index contributed by atoms with van der Waals surface area (Å²) in [5.74, 6) is 7.72. The van der Waals surface area contributed by atoms with E-state index in [1.807, 2.05) is 24.3 Å². The molecule has 0 unspecified atom stereocenters. The highest BCUT2D eigenvalue weighted by atomic mass is 16.5. The Balaban J connectivity index is 1.73. The average Bonchev–Trinajstić information content (AvgIpc) is 2.54. The molecule has 1 heterocycles. The first-order valence-corrected chi connectivity index (χ1v) is 7.96. The van der Waals surface area contributed by atoms with Gasteiger partial charge in [0.15, 0.2) is 0 Å². The van der Waals surface area contributed by atoms with Gasteiger partial charge in [-0.25, -0.2) is 0 Å². The number of ether oxygens (including phenoxy) is 1. The summed E-state index contributed by atoms with van der Waals surface area (Å²) in [6, 6.07) is 7.91. The Kier molecular flexibility index (Phi) is 6.59. The van der Waals surface area contributed by atoms with E-state index in [1.165, 1.54) is 32.4 Å². The van der Waals surface area contributed by atoms with Crippen molar-refractivity contribution in [1.29, 1.82) is 0 Å². The molecule has 1 saturated heterocycles. The van der Waals surface area contributed by atoms with Gasteiger partial charge >= 0.3 is 0 Å². The minimum Gasteiger partial charge on any atom is -0.492 e. The molecule has 1 aromatic rings. The molecule has 2 N–H and O–H groups in total. The minimum absolute atomic E-state index is 0.388. The van der Waals surface area contributed by atoms with Crippen LogP contribution in [0.25, 0.3) is 0 Å². The fraction of sp³-hybridized carbons (Fsp3) is 0.556. The van der Waals surface area contributed by atoms with E-state index in [2.05, 4.69) is 23.7 Å². The standard InChI is InChI=1S/C18H26N2O/c1-2-16-8-11-20(12-9-16)13-14-21-18-7-3-5-17(15-18)6-4-10-19/h3,5,7,15-16H,2,8-14,19H2,1H3. The van der Waals surface area contributed by atoms with Crippen molar-refractivity contribution in [3.8, 4) is 17.6 Å². The summed E-state index contributed by atoms with van der Waals surface area (Å²) >= 11 is 0. The normalized spacial score (nSPS) is 16.3. The molecular weight excluding hydrogens is 260 g/mol. The first-order chi connectivity index (χ1) is 10.3. The molecule has 0 amide bonds. The molecular formula is C18H26N2O. The molecule has 1 fully saturated rings. The van der Waals surface area contributed by atoms with Crippen LogP contribution in [0.1, 0.15) is 31.7 Å². The molecule has 0 spiro atoms. The van der Waals surface area contributed by atoms with Crippen molar-refractivity contribution < 1.29 is 4.74 Å². The van der Waals surface area contributed by atoms with Crippen molar-refractivity contribution >= 4 is 0 Å². The first kappa shape index (κ1) is 15.9. The molecule has 1 aliphatic rings. The Morgan fingerprint density at radius 1 is 1.33 bits per heavy atom. The van der Waals surface area contributed by atoms with E-state index in [0.717, 1.165) is 30.4 Å². The van der Waals surface area contributed by atoms with Crippen LogP contribution in [-0.4, -0.2) is 37.7 Å². The van der Waals surface area contributed by atoms with Crippen LogP contribution in [0.5, 0.6) is 5.75 Å². The molecule has 0 radical (unpaired) electrons. The molecule has 1 aliphatic heterocycles. The fourth-order valence-electron chi connectivity index (χ4n) is 2.73. The second-order valence-electron chi connectivity index (χ2n) is 5.58. The van der Waals surface area contributed by atoms with Gasteiger partial charge in [-0.1, -0.05) is 31.3 Å². The fourth-order valence-corrected chi connectivity index (χ4v) is 2.73. The van der Waals surface area contributed by atoms with Crippen molar-refractivity contribution in [2.24, 2.45) is 11.7 Å². The van der Waals surface area contributed by atoms with E-state index in [1.54, 1.807) is 0 Å². The SMILES string of the molecule is CCC1CCN(CCOc2cccc(C#CCN)c2)CC1. The van der Waals surface area contributed by atoms with Crippen LogP contribution < -0.4 is 10.5 Å². The highest BCUT2D eigenvalue weighted by Gasteiger charge is 2.17. The Morgan fingerprint density at radius 3 is 2.86 bits per heavy atom. The van der Waals surface area contributed by atoms with E-state index in [0.29, 0.717) is 6.54 Å². The smallest absolute Gasteiger partial charge is 0.120 e. The molecule has 0 aliphatic carbocycles. The predicted octanol–water partition coefficient (Wildman–Crippen LogP) is 2.50. The van der Waals surface area contributed by atoms with Crippen LogP contribution >= 0.6 is 0 Å². The zero-order valence-corrected chi connectivity index (χ0v) is 13.0. The molecule has 2 rings (SSSR count). The monoisotopic (exact) mass is 286 g/mol. The minimum atomic E-state index is 0.388. The van der Waals surface area contributed by atoms with Crippen LogP contribution in [0.15, 0.2) is 24.3 Å². The average molecular weight is 286 g/mol. The van der Waals surface area contributed by atoms with E-state index >= 15 is 0 Å². The third-order valence-corrected chi connectivity index (χ3v) is 4.13. The van der Waals surface area contributed by atoms with Crippen LogP contribution in [0.4, 0.5) is 0 Å². The summed E-state index contributed by atoms with van der Waals surface area (Å²) in [4.78, 5) is 2.50. The maximum Gasteiger partial charge on any atom is 0.120 e. The summed E-state index contributed by atoms with van der Waals surface area (Å²) in [6.07, 6.45) is 3.99. The highest BCUT2D eigenvalue weighted by Crippen LogP contribution is 2.19. The number of nitrogens with two attached hydrogens (primary N) is 1. The molecule has 0 aromatic heterocycles. The quantitative estimate of drug-likeness (QED) is 0.845. The third kappa shape index (κ3) is 5.41. The molecule has 21 heavy (non-hydrogen) atoms. The van der Waals surface area contributed by atoms with Gasteiger partial charge in [0.25, 0.3) is 0 Å². The molecule has 3 heteroatoms. The van der Waals surface area contributed by atoms with Crippen LogP contribution in [0, 0.1) is 17.8 Å². The Labute approximate surface area is 128 Å². The van der Waals surface area contributed by atoms with E-state index in [-0.39, 0.29) is 0 Å². The number of benzene rings is 1. The van der Waals surface area contributed by atoms with Crippen LogP contribution in [0.2, 0.25) is 0 Å². The van der Waals surface area contributed by atoms with Crippen molar-refractivity contribution in [3.63, 3.8) is 0 Å². The number of hydrogen-bond acceptors (Lipinski definition) is 3. The molecule has 0 atom stereocenters. The maximum atomic E-state index is 5.84. The van der Waals surface area contributed by atoms with Gasteiger partial charge in [0, 0.05) is 12.1 Å². The van der Waals surface area contributed by atoms with E-state index < -0.39 is 0 Å². The number of hydrogen-bond donors (Lipinski definition) is 1. The zero-order chi connectivity index (χ0) is 14.9. The lowest BCUT2D eigenvalue weighted by Crippen LogP contribution is -2.36. The Morgan fingerprint density at radius 2 is 2.14 bits per heavy atom. The predicted molar refractivity (Wildman–Crippen MR) is 87.3 cm³/mol. The topological polar surface area (TPSA) is 38.5 Å². The van der Waals surface area contributed by atoms with Crippen LogP contribution in [0.3, 0.4) is 0 Å². The van der Waals surface area contributed by atoms with Gasteiger partial charge in [-0.2, -0.15) is 0 Å². The summed E-state index contributed by atoms with van der Waals surface area (Å²) in [5.41, 5.74) is 6.35. The summed E-state index contributed by atoms with van der Waals surface area (Å²) in [6.45, 7) is 6.86. The van der Waals surface area contributed by atoms with E-state index in [9.17, 15) is 0 Å². The Hall–Kier alpha value is -1.50. The highest BCUT2D eigenvalue weighted by molar-refractivity contribution is 5.39. The Bertz CT molecular complexity index is 481. The summed E-state index contributed by atoms with van der Waals surface area (Å²) in [7, 11) is 0. The van der Waals surface area contributed by atoms with Crippen molar-refractivity contribution in [3.05, 3.63) is 29.8 Å². The van der Waals surface area contributed by atoms with Gasteiger partial charge in [-0.3, -0.25) is 4.90 Å². The largest absolute Gasteiger partial charge is 0.492 e. The van der Waals surface area contributed by atoms with Gasteiger partial charge < -0.3 is 10.5 Å². The molecule has 0 saturated carbocycles. The lowest BCUT2D eigenvalue weighted by atomic mass is 9.94. The lowest BCUT2D eigenvalue weighted by molar-refractivity contribution is 0.153. The van der Waals surface area contributed by atoms with Gasteiger partial charge in [0.2, 0.25) is 0 Å². The number of likely N-dealkylation sites (tertiary alicyclic amines) is 1. The molecule has 1 aromatic carbocycles. The molecule has 114 valence electrons. The third-order valence-electron chi connectivity index (χ3n) is 4.13. The second kappa shape index (κ2) is 8.71. The van der Waals surface area contributed by atoms with Gasteiger partial charge in [-0.15, -0.1) is 0 Å². The molecule has 0 bridgehead atoms. The van der Waals surface area contributed by atoms with Crippen molar-refractivity contribution in [2.75, 3.05) is 32.8 Å². The number of piperidine rings is 1. The van der Waals surface area contributed by atoms with Crippen LogP contribution in [-0.2, 0) is 0 Å². The first-order valence-electron chi connectivity index (χ1n) is 7.96. The van der Waals surface area contributed by atoms with Gasteiger partial charge in [-0.05, 0) is 50.0 Å². The van der Waals surface area contributed by atoms with E-state index in [4.69, 9.17) is 10.5 Å². The van der Waals surface area contributed by atoms with Crippen molar-refractivity contribution in [1.82, 2.24) is 4.90 Å². The summed E-state index contributed by atoms with van der Waals surface area (Å²) in [5, 5.41) is 0. The number of rotatable bonds is 5. The van der Waals surface area contributed by atoms with Crippen molar-refractivity contribution in [2.45, 2.75) is 26.2 Å². The lowest BCUT2D eigenvalue weighted by Gasteiger charge is -2.31. The summed E-state index contributed by atoms with van der Waals surface area (Å²) < 4.78 is 5.84.